The first kappa shape index (κ1) is 36.4. The van der Waals surface area contributed by atoms with Gasteiger partial charge in [0.05, 0.1) is 0 Å². The van der Waals surface area contributed by atoms with Crippen LogP contribution in [0.3, 0.4) is 0 Å². The summed E-state index contributed by atoms with van der Waals surface area (Å²) in [7, 11) is 0. The highest BCUT2D eigenvalue weighted by atomic mass is 32.1. The molecule has 0 N–H and O–H groups in total. The highest BCUT2D eigenvalue weighted by Crippen LogP contribution is 2.55. The third kappa shape index (κ3) is 5.26. The average molecular weight is 806 g/mol. The van der Waals surface area contributed by atoms with Crippen molar-refractivity contribution in [1.29, 1.82) is 0 Å². The van der Waals surface area contributed by atoms with E-state index >= 15 is 0 Å². The largest absolute Gasteiger partial charge is 0.455 e. The maximum absolute atomic E-state index is 6.49. The van der Waals surface area contributed by atoms with E-state index < -0.39 is 0 Å². The smallest absolute Gasteiger partial charge is 0.143 e. The van der Waals surface area contributed by atoms with E-state index in [1.807, 2.05) is 17.4 Å². The van der Waals surface area contributed by atoms with Gasteiger partial charge < -0.3 is 9.32 Å². The normalized spacial score (nSPS) is 14.7. The molecule has 2 heterocycles. The molecular formula is C58H47NOS. The average Bonchev–Trinajstić information content (AvgIpc) is 3.95. The number of rotatable bonds is 4. The number of benzene rings is 8. The number of thiophene rings is 1. The van der Waals surface area contributed by atoms with E-state index in [2.05, 4.69) is 205 Å². The molecule has 0 spiro atoms. The van der Waals surface area contributed by atoms with E-state index in [9.17, 15) is 0 Å². The lowest BCUT2D eigenvalue weighted by atomic mass is 9.82. The second kappa shape index (κ2) is 12.6. The van der Waals surface area contributed by atoms with Crippen molar-refractivity contribution >= 4 is 70.5 Å². The number of hydrogen-bond acceptors (Lipinski definition) is 3. The van der Waals surface area contributed by atoms with Crippen LogP contribution in [0.2, 0.25) is 0 Å². The minimum absolute atomic E-state index is 0.0840. The number of hydrogen-bond donors (Lipinski definition) is 0. The molecule has 296 valence electrons. The third-order valence-electron chi connectivity index (χ3n) is 14.0. The Hall–Kier alpha value is -6.42. The fraction of sp³-hybridized carbons (Fsp3) is 0.172. The van der Waals surface area contributed by atoms with Gasteiger partial charge in [-0.2, -0.15) is 0 Å². The first-order valence-electron chi connectivity index (χ1n) is 21.6. The van der Waals surface area contributed by atoms with E-state index in [-0.39, 0.29) is 16.2 Å². The molecule has 2 aliphatic carbocycles. The SMILES string of the molecule is CC(C)(C)c1ccc2sc3cc4c(cc3c2c1)-c1cc(N(c2ccc(-c3cccc5c3oc3ccccc35)cc2)c2ccc3c(c2)C(C)(C)c2ccccc2-3)ccc1C4(C)C. The van der Waals surface area contributed by atoms with Gasteiger partial charge in [-0.25, -0.2) is 0 Å². The van der Waals surface area contributed by atoms with Gasteiger partial charge in [-0.1, -0.05) is 139 Å². The lowest BCUT2D eigenvalue weighted by Crippen LogP contribution is -2.17. The molecule has 0 radical (unpaired) electrons. The summed E-state index contributed by atoms with van der Waals surface area (Å²) in [5.41, 5.74) is 19.5. The van der Waals surface area contributed by atoms with Crippen molar-refractivity contribution in [3.8, 4) is 33.4 Å². The molecule has 0 bridgehead atoms. The number of fused-ring (bicyclic) bond motifs is 12. The van der Waals surface area contributed by atoms with Crippen LogP contribution in [0, 0.1) is 0 Å². The molecule has 2 aliphatic rings. The van der Waals surface area contributed by atoms with Crippen LogP contribution in [0.5, 0.6) is 0 Å². The molecule has 12 rings (SSSR count). The number of nitrogens with zero attached hydrogens (tertiary/aromatic N) is 1. The van der Waals surface area contributed by atoms with E-state index in [0.29, 0.717) is 0 Å². The van der Waals surface area contributed by atoms with E-state index in [4.69, 9.17) is 4.42 Å². The first-order chi connectivity index (χ1) is 29.4. The fourth-order valence-corrected chi connectivity index (χ4v) is 11.8. The van der Waals surface area contributed by atoms with Gasteiger partial charge in [-0.3, -0.25) is 0 Å². The van der Waals surface area contributed by atoms with Crippen molar-refractivity contribution in [2.24, 2.45) is 0 Å². The second-order valence-electron chi connectivity index (χ2n) is 19.4. The van der Waals surface area contributed by atoms with Crippen molar-refractivity contribution in [3.05, 3.63) is 186 Å². The van der Waals surface area contributed by atoms with Crippen LogP contribution in [0.15, 0.2) is 162 Å². The summed E-state index contributed by atoms with van der Waals surface area (Å²) >= 11 is 1.92. The topological polar surface area (TPSA) is 16.4 Å². The molecule has 2 nitrogen and oxygen atoms in total. The van der Waals surface area contributed by atoms with Gasteiger partial charge >= 0.3 is 0 Å². The Labute approximate surface area is 361 Å². The van der Waals surface area contributed by atoms with Crippen molar-refractivity contribution in [1.82, 2.24) is 0 Å². The Morgan fingerprint density at radius 3 is 1.89 bits per heavy atom. The molecule has 0 saturated carbocycles. The standard InChI is InChI=1S/C58H47NOS/c1-56(2,3)35-21-28-53-46(29-35)47-32-45-44-30-37(25-27-49(44)58(6,7)51(45)33-54(47)61-53)59(38-24-26-41-40-13-8-10-17-48(40)57(4,5)50(41)31-38)36-22-19-34(20-23-36)39-15-12-16-43-42-14-9-11-18-52(42)60-55(39)43/h8-33H,1-7H3. The quantitative estimate of drug-likeness (QED) is 0.176. The summed E-state index contributed by atoms with van der Waals surface area (Å²) in [4.78, 5) is 2.46. The van der Waals surface area contributed by atoms with Crippen molar-refractivity contribution < 1.29 is 4.42 Å². The molecule has 0 amide bonds. The van der Waals surface area contributed by atoms with E-state index in [0.717, 1.165) is 50.1 Å². The Balaban J connectivity index is 1.03. The Bertz CT molecular complexity index is 3460. The first-order valence-corrected chi connectivity index (χ1v) is 22.4. The molecule has 2 aromatic heterocycles. The second-order valence-corrected chi connectivity index (χ2v) is 20.5. The molecule has 3 heteroatoms. The highest BCUT2D eigenvalue weighted by molar-refractivity contribution is 7.25. The monoisotopic (exact) mass is 805 g/mol. The molecular weight excluding hydrogens is 759 g/mol. The van der Waals surface area contributed by atoms with Crippen LogP contribution in [0.1, 0.15) is 76.3 Å². The summed E-state index contributed by atoms with van der Waals surface area (Å²) in [5.74, 6) is 0. The van der Waals surface area contributed by atoms with Crippen LogP contribution in [-0.4, -0.2) is 0 Å². The number of anilines is 3. The predicted molar refractivity (Wildman–Crippen MR) is 261 cm³/mol. The molecule has 0 atom stereocenters. The molecule has 0 fully saturated rings. The molecule has 8 aromatic carbocycles. The Kier molecular flexibility index (Phi) is 7.50. The number of para-hydroxylation sites is 2. The van der Waals surface area contributed by atoms with Gasteiger partial charge in [0.25, 0.3) is 0 Å². The lowest BCUT2D eigenvalue weighted by molar-refractivity contribution is 0.591. The van der Waals surface area contributed by atoms with Crippen LogP contribution < -0.4 is 4.90 Å². The highest BCUT2D eigenvalue weighted by Gasteiger charge is 2.38. The Morgan fingerprint density at radius 2 is 1.07 bits per heavy atom. The maximum atomic E-state index is 6.49. The van der Waals surface area contributed by atoms with Crippen molar-refractivity contribution in [2.75, 3.05) is 4.90 Å². The minimum Gasteiger partial charge on any atom is -0.455 e. The summed E-state index contributed by atoms with van der Waals surface area (Å²) in [6, 6.07) is 59.2. The fourth-order valence-electron chi connectivity index (χ4n) is 10.7. The molecule has 0 saturated heterocycles. The third-order valence-corrected chi connectivity index (χ3v) is 15.2. The van der Waals surface area contributed by atoms with Crippen LogP contribution >= 0.6 is 11.3 Å². The molecule has 0 unspecified atom stereocenters. The zero-order valence-corrected chi connectivity index (χ0v) is 36.6. The number of furan rings is 1. The van der Waals surface area contributed by atoms with Crippen molar-refractivity contribution in [2.45, 2.75) is 64.7 Å². The van der Waals surface area contributed by atoms with Crippen LogP contribution in [0.4, 0.5) is 17.1 Å². The van der Waals surface area contributed by atoms with Gasteiger partial charge in [0.15, 0.2) is 0 Å². The van der Waals surface area contributed by atoms with Crippen LogP contribution in [-0.2, 0) is 16.2 Å². The summed E-state index contributed by atoms with van der Waals surface area (Å²) in [6.45, 7) is 16.5. The van der Waals surface area contributed by atoms with Gasteiger partial charge in [-0.05, 0) is 128 Å². The summed E-state index contributed by atoms with van der Waals surface area (Å²) in [6.07, 6.45) is 0. The summed E-state index contributed by atoms with van der Waals surface area (Å²) < 4.78 is 9.20. The minimum atomic E-state index is -0.127. The van der Waals surface area contributed by atoms with Gasteiger partial charge in [-0.15, -0.1) is 11.3 Å². The molecule has 0 aliphatic heterocycles. The maximum Gasteiger partial charge on any atom is 0.143 e. The van der Waals surface area contributed by atoms with Crippen LogP contribution in [0.25, 0.3) is 75.5 Å². The molecule has 10 aromatic rings. The Morgan fingerprint density at radius 1 is 0.443 bits per heavy atom. The lowest BCUT2D eigenvalue weighted by Gasteiger charge is -2.29. The van der Waals surface area contributed by atoms with Gasteiger partial charge in [0.2, 0.25) is 0 Å². The predicted octanol–water partition coefficient (Wildman–Crippen LogP) is 17.0. The zero-order valence-electron chi connectivity index (χ0n) is 35.8. The zero-order chi connectivity index (χ0) is 41.6. The van der Waals surface area contributed by atoms with E-state index in [1.54, 1.807) is 0 Å². The molecule has 61 heavy (non-hydrogen) atoms. The van der Waals surface area contributed by atoms with Gasteiger partial charge in [0, 0.05) is 64.4 Å². The van der Waals surface area contributed by atoms with Gasteiger partial charge in [0.1, 0.15) is 11.2 Å². The van der Waals surface area contributed by atoms with Crippen molar-refractivity contribution in [3.63, 3.8) is 0 Å². The van der Waals surface area contributed by atoms with E-state index in [1.165, 1.54) is 70.2 Å². The summed E-state index contributed by atoms with van der Waals surface area (Å²) in [5, 5.41) is 5.00.